The molecule has 0 aliphatic carbocycles. The molecular formula is C5H3N11. The number of aromatic nitrogens is 2. The second kappa shape index (κ2) is 5.03. The Morgan fingerprint density at radius 2 is 1.38 bits per heavy atom. The van der Waals surface area contributed by atoms with E-state index in [-0.39, 0.29) is 22.9 Å². The molecule has 78 valence electrons. The number of azide groups is 3. The van der Waals surface area contributed by atoms with Crippen molar-refractivity contribution in [2.45, 2.75) is 6.92 Å². The first-order valence-electron chi connectivity index (χ1n) is 3.77. The maximum atomic E-state index is 8.33. The highest BCUT2D eigenvalue weighted by Gasteiger charge is 2.09. The molecule has 0 aliphatic heterocycles. The number of rotatable bonds is 3. The molecule has 0 bridgehead atoms. The second-order valence-corrected chi connectivity index (χ2v) is 2.39. The van der Waals surface area contributed by atoms with Crippen LogP contribution in [0, 0.1) is 6.92 Å². The lowest BCUT2D eigenvalue weighted by Gasteiger charge is -2.02. The van der Waals surface area contributed by atoms with Gasteiger partial charge in [0.2, 0.25) is 0 Å². The molecule has 0 radical (unpaired) electrons. The minimum Gasteiger partial charge on any atom is -0.148 e. The first-order chi connectivity index (χ1) is 7.74. The van der Waals surface area contributed by atoms with Crippen molar-refractivity contribution in [2.24, 2.45) is 15.3 Å². The fraction of sp³-hybridized carbons (Fsp3) is 0.200. The molecule has 0 aliphatic rings. The van der Waals surface area contributed by atoms with Crippen molar-refractivity contribution < 1.29 is 0 Å². The van der Waals surface area contributed by atoms with Crippen LogP contribution >= 0.6 is 0 Å². The van der Waals surface area contributed by atoms with Crippen LogP contribution < -0.4 is 0 Å². The highest BCUT2D eigenvalue weighted by atomic mass is 15.3. The van der Waals surface area contributed by atoms with E-state index in [2.05, 4.69) is 40.3 Å². The summed E-state index contributed by atoms with van der Waals surface area (Å²) < 4.78 is 0. The van der Waals surface area contributed by atoms with Gasteiger partial charge in [0.15, 0.2) is 11.6 Å². The van der Waals surface area contributed by atoms with Crippen molar-refractivity contribution in [3.05, 3.63) is 36.9 Å². The van der Waals surface area contributed by atoms with Crippen molar-refractivity contribution >= 4 is 17.3 Å². The van der Waals surface area contributed by atoms with E-state index in [0.717, 1.165) is 0 Å². The van der Waals surface area contributed by atoms with Crippen molar-refractivity contribution in [1.29, 1.82) is 0 Å². The van der Waals surface area contributed by atoms with Crippen LogP contribution in [0.1, 0.15) is 5.56 Å². The Morgan fingerprint density at radius 1 is 0.875 bits per heavy atom. The summed E-state index contributed by atoms with van der Waals surface area (Å²) in [6.07, 6.45) is 0. The standard InChI is InChI=1S/C5H3N11/c1-2-3(9-14-6)5(13-16-8)11-10-4(2)12-15-7/h1H3. The zero-order valence-corrected chi connectivity index (χ0v) is 7.92. The smallest absolute Gasteiger partial charge is 0.148 e. The molecule has 1 aromatic rings. The van der Waals surface area contributed by atoms with E-state index in [9.17, 15) is 0 Å². The normalized spacial score (nSPS) is 8.31. The van der Waals surface area contributed by atoms with Crippen molar-refractivity contribution in [3.63, 3.8) is 0 Å². The lowest BCUT2D eigenvalue weighted by atomic mass is 10.2. The molecule has 0 unspecified atom stereocenters. The van der Waals surface area contributed by atoms with Gasteiger partial charge < -0.3 is 0 Å². The van der Waals surface area contributed by atoms with E-state index in [1.165, 1.54) is 6.92 Å². The van der Waals surface area contributed by atoms with Gasteiger partial charge in [-0.15, -0.1) is 10.2 Å². The van der Waals surface area contributed by atoms with Gasteiger partial charge in [0.25, 0.3) is 0 Å². The molecular weight excluding hydrogens is 214 g/mol. The predicted octanol–water partition coefficient (Wildman–Crippen LogP) is 3.61. The Balaban J connectivity index is 3.58. The molecule has 11 nitrogen and oxygen atoms in total. The van der Waals surface area contributed by atoms with Gasteiger partial charge in [0.1, 0.15) is 0 Å². The molecule has 0 saturated carbocycles. The predicted molar refractivity (Wildman–Crippen MR) is 53.2 cm³/mol. The summed E-state index contributed by atoms with van der Waals surface area (Å²) in [4.78, 5) is 7.58. The van der Waals surface area contributed by atoms with Crippen molar-refractivity contribution in [1.82, 2.24) is 10.2 Å². The van der Waals surface area contributed by atoms with Crippen LogP contribution in [0.3, 0.4) is 0 Å². The van der Waals surface area contributed by atoms with Crippen LogP contribution in [0.2, 0.25) is 0 Å². The Bertz CT molecular complexity index is 554. The highest BCUT2D eigenvalue weighted by molar-refractivity contribution is 5.65. The SMILES string of the molecule is Cc1c(N=[N+]=[N-])nnc(N=[N+]=[N-])c1N=[N+]=[N-]. The van der Waals surface area contributed by atoms with E-state index < -0.39 is 0 Å². The number of nitrogens with zero attached hydrogens (tertiary/aromatic N) is 11. The Labute approximate surface area is 87.6 Å². The zero-order valence-electron chi connectivity index (χ0n) is 7.92. The molecule has 1 aromatic heterocycles. The summed E-state index contributed by atoms with van der Waals surface area (Å²) in [5, 5.41) is 16.7. The average molecular weight is 217 g/mol. The Morgan fingerprint density at radius 3 is 1.94 bits per heavy atom. The maximum absolute atomic E-state index is 8.33. The van der Waals surface area contributed by atoms with Crippen LogP contribution in [0.15, 0.2) is 15.3 Å². The van der Waals surface area contributed by atoms with Crippen LogP contribution in [-0.4, -0.2) is 10.2 Å². The zero-order chi connectivity index (χ0) is 12.0. The quantitative estimate of drug-likeness (QED) is 0.427. The van der Waals surface area contributed by atoms with Crippen molar-refractivity contribution in [2.75, 3.05) is 0 Å². The topological polar surface area (TPSA) is 172 Å². The van der Waals surface area contributed by atoms with Gasteiger partial charge in [-0.05, 0) is 39.3 Å². The monoisotopic (exact) mass is 217 g/mol. The summed E-state index contributed by atoms with van der Waals surface area (Å²) in [5.41, 5.74) is 25.1. The van der Waals surface area contributed by atoms with Gasteiger partial charge in [-0.1, -0.05) is 5.11 Å². The summed E-state index contributed by atoms with van der Waals surface area (Å²) >= 11 is 0. The van der Waals surface area contributed by atoms with E-state index in [4.69, 9.17) is 16.6 Å². The van der Waals surface area contributed by atoms with Gasteiger partial charge in [0, 0.05) is 14.7 Å². The van der Waals surface area contributed by atoms with Gasteiger partial charge in [-0.25, -0.2) is 0 Å². The highest BCUT2D eigenvalue weighted by Crippen LogP contribution is 2.33. The molecule has 0 N–H and O–H groups in total. The van der Waals surface area contributed by atoms with Crippen LogP contribution in [-0.2, 0) is 0 Å². The third-order valence-corrected chi connectivity index (χ3v) is 1.57. The summed E-state index contributed by atoms with van der Waals surface area (Å²) in [5.74, 6) is -0.212. The third kappa shape index (κ3) is 2.08. The summed E-state index contributed by atoms with van der Waals surface area (Å²) in [6, 6.07) is 0. The first kappa shape index (κ1) is 11.1. The van der Waals surface area contributed by atoms with Crippen LogP contribution in [0.4, 0.5) is 17.3 Å². The van der Waals surface area contributed by atoms with Crippen molar-refractivity contribution in [3.8, 4) is 0 Å². The fourth-order valence-electron chi connectivity index (χ4n) is 0.902. The van der Waals surface area contributed by atoms with E-state index in [1.807, 2.05) is 0 Å². The van der Waals surface area contributed by atoms with Crippen LogP contribution in [0.5, 0.6) is 0 Å². The molecule has 1 rings (SSSR count). The largest absolute Gasteiger partial charge is 0.159 e. The van der Waals surface area contributed by atoms with Gasteiger partial charge >= 0.3 is 0 Å². The lowest BCUT2D eigenvalue weighted by molar-refractivity contribution is 0.993. The molecule has 0 atom stereocenters. The van der Waals surface area contributed by atoms with Gasteiger partial charge in [0.05, 0.1) is 5.69 Å². The number of hydrogen-bond donors (Lipinski definition) is 0. The third-order valence-electron chi connectivity index (χ3n) is 1.57. The average Bonchev–Trinajstić information content (AvgIpc) is 2.28. The van der Waals surface area contributed by atoms with Gasteiger partial charge in [-0.3, -0.25) is 0 Å². The van der Waals surface area contributed by atoms with Gasteiger partial charge in [-0.2, -0.15) is 0 Å². The Kier molecular flexibility index (Phi) is 3.49. The fourth-order valence-corrected chi connectivity index (χ4v) is 0.902. The molecule has 0 saturated heterocycles. The van der Waals surface area contributed by atoms with E-state index >= 15 is 0 Å². The van der Waals surface area contributed by atoms with Crippen LogP contribution in [0.25, 0.3) is 31.3 Å². The van der Waals surface area contributed by atoms with E-state index in [1.54, 1.807) is 0 Å². The molecule has 11 heteroatoms. The molecule has 0 fully saturated rings. The minimum atomic E-state index is -0.172. The Hall–Kier alpha value is -2.99. The molecule has 16 heavy (non-hydrogen) atoms. The molecule has 0 amide bonds. The molecule has 0 spiro atoms. The summed E-state index contributed by atoms with van der Waals surface area (Å²) in [7, 11) is 0. The number of hydrogen-bond acceptors (Lipinski definition) is 5. The first-order valence-corrected chi connectivity index (χ1v) is 3.77. The lowest BCUT2D eigenvalue weighted by Crippen LogP contribution is -1.86. The molecule has 0 aromatic carbocycles. The second-order valence-electron chi connectivity index (χ2n) is 2.39. The minimum absolute atomic E-state index is 0.0160. The summed E-state index contributed by atoms with van der Waals surface area (Å²) in [6.45, 7) is 1.50. The van der Waals surface area contributed by atoms with E-state index in [0.29, 0.717) is 0 Å². The molecule has 1 heterocycles. The maximum Gasteiger partial charge on any atom is 0.159 e.